The van der Waals surface area contributed by atoms with Crippen molar-refractivity contribution >= 4 is 22.6 Å². The zero-order chi connectivity index (χ0) is 24.0. The number of carbonyl (C=O) groups excluding carboxylic acids is 2. The Hall–Kier alpha value is -3.60. The third kappa shape index (κ3) is 4.07. The van der Waals surface area contributed by atoms with Gasteiger partial charge in [-0.3, -0.25) is 14.6 Å². The predicted molar refractivity (Wildman–Crippen MR) is 122 cm³/mol. The molecule has 34 heavy (non-hydrogen) atoms. The standard InChI is InChI=1S/C26H24F2N4O2/c1-31-15-20(18-5-8-32(9-6-18)25(34)21-13-26(21,27)28)19-10-16(2-3-23(19)31)12-24(33)22-11-17(14-29)4-7-30-22/h2-4,7,10-11,15,18,21H,5-6,8-9,12-13H2,1H3. The van der Waals surface area contributed by atoms with Gasteiger partial charge in [-0.2, -0.15) is 5.26 Å². The second-order valence-corrected chi connectivity index (χ2v) is 9.31. The minimum Gasteiger partial charge on any atom is -0.350 e. The zero-order valence-corrected chi connectivity index (χ0v) is 18.8. The number of carbonyl (C=O) groups is 2. The smallest absolute Gasteiger partial charge is 0.260 e. The number of ketones is 1. The first-order valence-electron chi connectivity index (χ1n) is 11.4. The number of hydrogen-bond acceptors (Lipinski definition) is 4. The lowest BCUT2D eigenvalue weighted by Gasteiger charge is -2.32. The van der Waals surface area contributed by atoms with Crippen molar-refractivity contribution in [3.8, 4) is 6.07 Å². The maximum Gasteiger partial charge on any atom is 0.260 e. The lowest BCUT2D eigenvalue weighted by Crippen LogP contribution is -2.39. The highest BCUT2D eigenvalue weighted by atomic mass is 19.3. The number of aromatic nitrogens is 2. The van der Waals surface area contributed by atoms with Gasteiger partial charge >= 0.3 is 0 Å². The van der Waals surface area contributed by atoms with Gasteiger partial charge in [0.05, 0.1) is 11.6 Å². The number of pyridine rings is 1. The molecule has 6 nitrogen and oxygen atoms in total. The number of benzene rings is 1. The molecule has 2 fully saturated rings. The van der Waals surface area contributed by atoms with Gasteiger partial charge in [-0.15, -0.1) is 0 Å². The summed E-state index contributed by atoms with van der Waals surface area (Å²) < 4.78 is 28.7. The van der Waals surface area contributed by atoms with Gasteiger partial charge < -0.3 is 9.47 Å². The molecule has 5 rings (SSSR count). The molecule has 1 aromatic carbocycles. The number of nitrogens with zero attached hydrogens (tertiary/aromatic N) is 4. The van der Waals surface area contributed by atoms with Crippen LogP contribution in [0.3, 0.4) is 0 Å². The van der Waals surface area contributed by atoms with Gasteiger partial charge in [-0.05, 0) is 54.2 Å². The number of Topliss-reactive ketones (excluding diaryl/α,β-unsaturated/α-hetero) is 1. The first-order valence-corrected chi connectivity index (χ1v) is 11.4. The van der Waals surface area contributed by atoms with Crippen LogP contribution in [0.5, 0.6) is 0 Å². The van der Waals surface area contributed by atoms with Crippen LogP contribution in [-0.4, -0.2) is 45.2 Å². The number of piperidine rings is 1. The third-order valence-electron chi connectivity index (χ3n) is 6.99. The maximum atomic E-state index is 13.3. The third-order valence-corrected chi connectivity index (χ3v) is 6.99. The van der Waals surface area contributed by atoms with Gasteiger partial charge in [-0.1, -0.05) is 6.07 Å². The summed E-state index contributed by atoms with van der Waals surface area (Å²) in [5, 5.41) is 10.1. The molecule has 174 valence electrons. The molecule has 1 unspecified atom stereocenters. The van der Waals surface area contributed by atoms with Crippen molar-refractivity contribution in [1.82, 2.24) is 14.5 Å². The average Bonchev–Trinajstić information content (AvgIpc) is 3.37. The summed E-state index contributed by atoms with van der Waals surface area (Å²) in [6, 6.07) is 11.0. The molecule has 2 aliphatic rings. The SMILES string of the molecule is Cn1cc(C2CCN(C(=O)C3CC3(F)F)CC2)c2cc(CC(=O)c3cc(C#N)ccn3)ccc21. The van der Waals surface area contributed by atoms with Gasteiger partial charge in [-0.25, -0.2) is 8.78 Å². The molecule has 0 N–H and O–H groups in total. The maximum absolute atomic E-state index is 13.3. The number of rotatable bonds is 5. The second-order valence-electron chi connectivity index (χ2n) is 9.31. The van der Waals surface area contributed by atoms with Gasteiger partial charge in [0.15, 0.2) is 5.78 Å². The van der Waals surface area contributed by atoms with Crippen LogP contribution in [0, 0.1) is 17.2 Å². The van der Waals surface area contributed by atoms with Crippen LogP contribution in [0.1, 0.15) is 52.4 Å². The Morgan fingerprint density at radius 3 is 2.62 bits per heavy atom. The topological polar surface area (TPSA) is 79.0 Å². The molecule has 1 aliphatic carbocycles. The Morgan fingerprint density at radius 2 is 1.94 bits per heavy atom. The largest absolute Gasteiger partial charge is 0.350 e. The summed E-state index contributed by atoms with van der Waals surface area (Å²) in [5.74, 6) is -4.32. The monoisotopic (exact) mass is 462 g/mol. The van der Waals surface area contributed by atoms with Crippen LogP contribution >= 0.6 is 0 Å². The number of alkyl halides is 2. The molecule has 1 saturated carbocycles. The zero-order valence-electron chi connectivity index (χ0n) is 18.8. The quantitative estimate of drug-likeness (QED) is 0.532. The van der Waals surface area contributed by atoms with Gasteiger partial charge in [0.25, 0.3) is 5.92 Å². The van der Waals surface area contributed by atoms with Crippen molar-refractivity contribution in [1.29, 1.82) is 5.26 Å². The fourth-order valence-electron chi connectivity index (χ4n) is 4.95. The fourth-order valence-corrected chi connectivity index (χ4v) is 4.95. The summed E-state index contributed by atoms with van der Waals surface area (Å²) in [6.07, 6.45) is 4.84. The van der Waals surface area contributed by atoms with E-state index in [0.29, 0.717) is 18.7 Å². The number of halogens is 2. The lowest BCUT2D eigenvalue weighted by molar-refractivity contribution is -0.135. The molecule has 3 heterocycles. The summed E-state index contributed by atoms with van der Waals surface area (Å²) in [5.41, 5.74) is 3.73. The number of amides is 1. The summed E-state index contributed by atoms with van der Waals surface area (Å²) >= 11 is 0. The van der Waals surface area contributed by atoms with E-state index in [1.165, 1.54) is 12.3 Å². The molecule has 0 bridgehead atoms. The van der Waals surface area contributed by atoms with Crippen molar-refractivity contribution in [3.05, 3.63) is 65.1 Å². The minimum atomic E-state index is -2.83. The van der Waals surface area contributed by atoms with E-state index >= 15 is 0 Å². The van der Waals surface area contributed by atoms with Crippen LogP contribution in [0.25, 0.3) is 10.9 Å². The number of likely N-dealkylation sites (tertiary alicyclic amines) is 1. The Balaban J connectivity index is 1.33. The summed E-state index contributed by atoms with van der Waals surface area (Å²) in [6.45, 7) is 0.955. The number of fused-ring (bicyclic) bond motifs is 1. The Labute approximate surface area is 195 Å². The van der Waals surface area contributed by atoms with Crippen molar-refractivity contribution in [2.75, 3.05) is 13.1 Å². The van der Waals surface area contributed by atoms with Gasteiger partial charge in [0, 0.05) is 56.3 Å². The number of hydrogen-bond donors (Lipinski definition) is 0. The molecule has 1 atom stereocenters. The molecule has 1 amide bonds. The van der Waals surface area contributed by atoms with Crippen LogP contribution < -0.4 is 0 Å². The van der Waals surface area contributed by atoms with E-state index in [9.17, 15) is 18.4 Å². The highest BCUT2D eigenvalue weighted by Gasteiger charge is 2.62. The lowest BCUT2D eigenvalue weighted by atomic mass is 9.88. The van der Waals surface area contributed by atoms with E-state index in [1.54, 1.807) is 11.0 Å². The Bertz CT molecular complexity index is 1330. The van der Waals surface area contributed by atoms with E-state index in [2.05, 4.69) is 15.7 Å². The van der Waals surface area contributed by atoms with Crippen LogP contribution in [0.2, 0.25) is 0 Å². The van der Waals surface area contributed by atoms with Crippen LogP contribution in [0.4, 0.5) is 8.78 Å². The minimum absolute atomic E-state index is 0.155. The van der Waals surface area contributed by atoms with Crippen molar-refractivity contribution < 1.29 is 18.4 Å². The number of nitriles is 1. The first-order chi connectivity index (χ1) is 16.3. The van der Waals surface area contributed by atoms with E-state index in [-0.39, 0.29) is 30.2 Å². The fraction of sp³-hybridized carbons (Fsp3) is 0.385. The molecule has 8 heteroatoms. The van der Waals surface area contributed by atoms with Crippen LogP contribution in [-0.2, 0) is 18.3 Å². The molecular weight excluding hydrogens is 438 g/mol. The molecule has 1 aliphatic heterocycles. The Morgan fingerprint density at radius 1 is 1.21 bits per heavy atom. The normalized spacial score (nSPS) is 19.7. The predicted octanol–water partition coefficient (Wildman–Crippen LogP) is 4.23. The highest BCUT2D eigenvalue weighted by molar-refractivity contribution is 5.97. The summed E-state index contributed by atoms with van der Waals surface area (Å²) in [7, 11) is 1.97. The van der Waals surface area contributed by atoms with Gasteiger partial charge in [0.1, 0.15) is 11.6 Å². The number of aryl methyl sites for hydroxylation is 1. The molecule has 2 aromatic heterocycles. The van der Waals surface area contributed by atoms with Gasteiger partial charge in [0.2, 0.25) is 5.91 Å². The molecule has 1 saturated heterocycles. The van der Waals surface area contributed by atoms with Crippen molar-refractivity contribution in [2.45, 2.75) is 37.5 Å². The second kappa shape index (κ2) is 8.32. The molecule has 0 radical (unpaired) electrons. The van der Waals surface area contributed by atoms with E-state index in [4.69, 9.17) is 5.26 Å². The summed E-state index contributed by atoms with van der Waals surface area (Å²) in [4.78, 5) is 30.8. The highest BCUT2D eigenvalue weighted by Crippen LogP contribution is 2.50. The van der Waals surface area contributed by atoms with Crippen LogP contribution in [0.15, 0.2) is 42.7 Å². The molecule has 3 aromatic rings. The first kappa shape index (κ1) is 22.2. The van der Waals surface area contributed by atoms with Crippen molar-refractivity contribution in [2.24, 2.45) is 13.0 Å². The molecule has 0 spiro atoms. The van der Waals surface area contributed by atoms with E-state index in [1.807, 2.05) is 31.3 Å². The van der Waals surface area contributed by atoms with Crippen molar-refractivity contribution in [3.63, 3.8) is 0 Å². The Kier molecular flexibility index (Phi) is 5.43. The molecular formula is C26H24F2N4O2. The average molecular weight is 463 g/mol. The van der Waals surface area contributed by atoms with E-state index < -0.39 is 17.7 Å². The van der Waals surface area contributed by atoms with E-state index in [0.717, 1.165) is 34.9 Å².